The second-order valence-electron chi connectivity index (χ2n) is 3.75. The van der Waals surface area contributed by atoms with Gasteiger partial charge in [-0.15, -0.1) is 11.8 Å². The van der Waals surface area contributed by atoms with Crippen molar-refractivity contribution in [2.24, 2.45) is 5.73 Å². The maximum absolute atomic E-state index is 5.84. The minimum atomic E-state index is 0.612. The molecule has 0 aliphatic carbocycles. The lowest BCUT2D eigenvalue weighted by atomic mass is 10.3. The van der Waals surface area contributed by atoms with E-state index in [0.717, 1.165) is 33.6 Å². The van der Waals surface area contributed by atoms with E-state index in [9.17, 15) is 0 Å². The lowest BCUT2D eigenvalue weighted by Gasteiger charge is -2.03. The summed E-state index contributed by atoms with van der Waals surface area (Å²) < 4.78 is 0. The maximum Gasteiger partial charge on any atom is 0.138 e. The van der Waals surface area contributed by atoms with Gasteiger partial charge in [-0.1, -0.05) is 11.6 Å². The minimum absolute atomic E-state index is 0.612. The minimum Gasteiger partial charge on any atom is -0.330 e. The van der Waals surface area contributed by atoms with Crippen LogP contribution in [0.25, 0.3) is 0 Å². The number of hydrogen-bond acceptors (Lipinski definition) is 4. The third-order valence-electron chi connectivity index (χ3n) is 2.35. The van der Waals surface area contributed by atoms with Gasteiger partial charge in [-0.3, -0.25) is 0 Å². The molecule has 0 spiro atoms. The van der Waals surface area contributed by atoms with Crippen LogP contribution in [0.2, 0.25) is 5.02 Å². The number of thioether (sulfide) groups is 1. The van der Waals surface area contributed by atoms with Gasteiger partial charge in [0.15, 0.2) is 0 Å². The summed E-state index contributed by atoms with van der Waals surface area (Å²) in [5, 5.41) is 0.751. The molecule has 0 unspecified atom stereocenters. The Kier molecular flexibility index (Phi) is 4.99. The van der Waals surface area contributed by atoms with Gasteiger partial charge in [-0.2, -0.15) is 0 Å². The molecular formula is C13H14ClN3S. The Hall–Kier alpha value is -1.10. The van der Waals surface area contributed by atoms with Gasteiger partial charge in [0, 0.05) is 28.2 Å². The van der Waals surface area contributed by atoms with Gasteiger partial charge in [0.1, 0.15) is 5.82 Å². The van der Waals surface area contributed by atoms with Crippen LogP contribution in [0.3, 0.4) is 0 Å². The smallest absolute Gasteiger partial charge is 0.138 e. The lowest BCUT2D eigenvalue weighted by Crippen LogP contribution is -2.06. The van der Waals surface area contributed by atoms with Crippen molar-refractivity contribution in [3.05, 3.63) is 53.1 Å². The van der Waals surface area contributed by atoms with Crippen LogP contribution in [-0.2, 0) is 12.2 Å². The molecule has 0 saturated carbocycles. The van der Waals surface area contributed by atoms with Crippen LogP contribution >= 0.6 is 23.4 Å². The molecule has 1 heterocycles. The molecule has 0 aliphatic rings. The van der Waals surface area contributed by atoms with Gasteiger partial charge in [0.2, 0.25) is 0 Å². The van der Waals surface area contributed by atoms with Crippen LogP contribution in [0.5, 0.6) is 0 Å². The van der Waals surface area contributed by atoms with E-state index in [1.54, 1.807) is 18.0 Å². The molecule has 0 radical (unpaired) electrons. The fraction of sp³-hybridized carbons (Fsp3) is 0.231. The highest BCUT2D eigenvalue weighted by molar-refractivity contribution is 7.98. The molecule has 2 aromatic rings. The first-order valence-corrected chi connectivity index (χ1v) is 7.03. The topological polar surface area (TPSA) is 51.8 Å². The van der Waals surface area contributed by atoms with Crippen molar-refractivity contribution in [3.8, 4) is 0 Å². The Morgan fingerprint density at radius 3 is 2.67 bits per heavy atom. The van der Waals surface area contributed by atoms with Crippen LogP contribution < -0.4 is 5.73 Å². The van der Waals surface area contributed by atoms with Gasteiger partial charge < -0.3 is 5.73 Å². The monoisotopic (exact) mass is 279 g/mol. The standard InChI is InChI=1S/C13H14ClN3S/c14-10-1-3-12(4-2-10)18-9-13-16-8-6-11(17-13)5-7-15/h1-4,6,8H,5,7,9,15H2. The summed E-state index contributed by atoms with van der Waals surface area (Å²) in [4.78, 5) is 9.87. The predicted octanol–water partition coefficient (Wildman–Crippen LogP) is 2.92. The average molecular weight is 280 g/mol. The Bertz CT molecular complexity index is 502. The number of nitrogens with two attached hydrogens (primary N) is 1. The van der Waals surface area contributed by atoms with E-state index in [-0.39, 0.29) is 0 Å². The van der Waals surface area contributed by atoms with E-state index in [0.29, 0.717) is 6.54 Å². The molecule has 0 fully saturated rings. The molecule has 5 heteroatoms. The zero-order valence-electron chi connectivity index (χ0n) is 9.84. The number of benzene rings is 1. The second-order valence-corrected chi connectivity index (χ2v) is 5.23. The Balaban J connectivity index is 1.97. The fourth-order valence-corrected chi connectivity index (χ4v) is 2.37. The Morgan fingerprint density at radius 1 is 1.17 bits per heavy atom. The highest BCUT2D eigenvalue weighted by Gasteiger charge is 2.01. The van der Waals surface area contributed by atoms with E-state index >= 15 is 0 Å². The third-order valence-corrected chi connectivity index (χ3v) is 3.61. The van der Waals surface area contributed by atoms with Crippen molar-refractivity contribution < 1.29 is 0 Å². The molecule has 2 rings (SSSR count). The molecule has 0 bridgehead atoms. The first kappa shape index (κ1) is 13.3. The van der Waals surface area contributed by atoms with Crippen molar-refractivity contribution in [2.45, 2.75) is 17.1 Å². The van der Waals surface area contributed by atoms with Crippen molar-refractivity contribution in [2.75, 3.05) is 6.54 Å². The largest absolute Gasteiger partial charge is 0.330 e. The van der Waals surface area contributed by atoms with Crippen LogP contribution in [0, 0.1) is 0 Å². The number of halogens is 1. The van der Waals surface area contributed by atoms with E-state index in [1.807, 2.05) is 30.3 Å². The highest BCUT2D eigenvalue weighted by Crippen LogP contribution is 2.22. The quantitative estimate of drug-likeness (QED) is 0.855. The molecule has 2 N–H and O–H groups in total. The van der Waals surface area contributed by atoms with E-state index in [2.05, 4.69) is 9.97 Å². The van der Waals surface area contributed by atoms with Crippen LogP contribution in [0.4, 0.5) is 0 Å². The molecule has 0 saturated heterocycles. The summed E-state index contributed by atoms with van der Waals surface area (Å²) in [7, 11) is 0. The molecule has 1 aromatic carbocycles. The highest BCUT2D eigenvalue weighted by atomic mass is 35.5. The van der Waals surface area contributed by atoms with Crippen molar-refractivity contribution in [3.63, 3.8) is 0 Å². The van der Waals surface area contributed by atoms with Crippen molar-refractivity contribution in [1.29, 1.82) is 0 Å². The van der Waals surface area contributed by atoms with Crippen molar-refractivity contribution >= 4 is 23.4 Å². The number of nitrogens with zero attached hydrogens (tertiary/aromatic N) is 2. The van der Waals surface area contributed by atoms with Gasteiger partial charge >= 0.3 is 0 Å². The second kappa shape index (κ2) is 6.73. The zero-order chi connectivity index (χ0) is 12.8. The van der Waals surface area contributed by atoms with Crippen molar-refractivity contribution in [1.82, 2.24) is 9.97 Å². The summed E-state index contributed by atoms with van der Waals surface area (Å²) >= 11 is 7.53. The molecule has 0 atom stereocenters. The van der Waals surface area contributed by atoms with E-state index in [4.69, 9.17) is 17.3 Å². The summed E-state index contributed by atoms with van der Waals surface area (Å²) in [6.45, 7) is 0.612. The molecule has 18 heavy (non-hydrogen) atoms. The van der Waals surface area contributed by atoms with Gasteiger partial charge in [-0.25, -0.2) is 9.97 Å². The van der Waals surface area contributed by atoms with Gasteiger partial charge in [0.25, 0.3) is 0 Å². The summed E-state index contributed by atoms with van der Waals surface area (Å²) in [5.41, 5.74) is 6.51. The van der Waals surface area contributed by atoms with E-state index in [1.165, 1.54) is 0 Å². The maximum atomic E-state index is 5.84. The third kappa shape index (κ3) is 3.98. The first-order valence-electron chi connectivity index (χ1n) is 5.67. The Labute approximate surface area is 116 Å². The summed E-state index contributed by atoms with van der Waals surface area (Å²) in [6.07, 6.45) is 2.58. The summed E-state index contributed by atoms with van der Waals surface area (Å²) in [6, 6.07) is 9.67. The molecule has 94 valence electrons. The number of aromatic nitrogens is 2. The Morgan fingerprint density at radius 2 is 1.94 bits per heavy atom. The molecule has 1 aromatic heterocycles. The van der Waals surface area contributed by atoms with E-state index < -0.39 is 0 Å². The molecule has 3 nitrogen and oxygen atoms in total. The normalized spacial score (nSPS) is 10.6. The van der Waals surface area contributed by atoms with Crippen LogP contribution in [0.1, 0.15) is 11.5 Å². The zero-order valence-corrected chi connectivity index (χ0v) is 11.4. The number of hydrogen-bond donors (Lipinski definition) is 1. The first-order chi connectivity index (χ1) is 8.78. The number of rotatable bonds is 5. The molecular weight excluding hydrogens is 266 g/mol. The summed E-state index contributed by atoms with van der Waals surface area (Å²) in [5.74, 6) is 1.58. The lowest BCUT2D eigenvalue weighted by molar-refractivity contribution is 0.883. The SMILES string of the molecule is NCCc1ccnc(CSc2ccc(Cl)cc2)n1. The average Bonchev–Trinajstić information content (AvgIpc) is 2.39. The molecule has 0 aliphatic heterocycles. The van der Waals surface area contributed by atoms with Crippen LogP contribution in [0.15, 0.2) is 41.4 Å². The van der Waals surface area contributed by atoms with Crippen LogP contribution in [-0.4, -0.2) is 16.5 Å². The molecule has 0 amide bonds. The predicted molar refractivity (Wildman–Crippen MR) is 75.8 cm³/mol. The fourth-order valence-electron chi connectivity index (χ4n) is 1.48. The van der Waals surface area contributed by atoms with Gasteiger partial charge in [0.05, 0.1) is 5.75 Å². The van der Waals surface area contributed by atoms with Gasteiger partial charge in [-0.05, 0) is 36.9 Å².